The van der Waals surface area contributed by atoms with Crippen molar-refractivity contribution in [1.82, 2.24) is 5.01 Å². The molecule has 78 valence electrons. The van der Waals surface area contributed by atoms with Crippen molar-refractivity contribution >= 4 is 11.6 Å². The van der Waals surface area contributed by atoms with E-state index >= 15 is 0 Å². The second kappa shape index (κ2) is 2.96. The lowest BCUT2D eigenvalue weighted by atomic mass is 10.1. The van der Waals surface area contributed by atoms with Gasteiger partial charge in [-0.3, -0.25) is 4.79 Å². The summed E-state index contributed by atoms with van der Waals surface area (Å²) in [7, 11) is 0. The Morgan fingerprint density at radius 1 is 1.50 bits per heavy atom. The summed E-state index contributed by atoms with van der Waals surface area (Å²) in [4.78, 5) is 11.4. The van der Waals surface area contributed by atoms with E-state index in [0.717, 1.165) is 6.42 Å². The summed E-state index contributed by atoms with van der Waals surface area (Å²) >= 11 is 0. The Morgan fingerprint density at radius 3 is 2.79 bits per heavy atom. The number of hydrogen-bond acceptors (Lipinski definition) is 2. The van der Waals surface area contributed by atoms with Gasteiger partial charge < -0.3 is 0 Å². The molecule has 1 amide bonds. The molecule has 0 aromatic heterocycles. The first kappa shape index (κ1) is 9.48. The lowest BCUT2D eigenvalue weighted by Gasteiger charge is -2.15. The van der Waals surface area contributed by atoms with Crippen LogP contribution in [0.4, 0.5) is 13.2 Å². The molecule has 2 aliphatic rings. The highest BCUT2D eigenvalue weighted by Gasteiger charge is 2.43. The smallest absolute Gasteiger partial charge is 0.272 e. The van der Waals surface area contributed by atoms with Gasteiger partial charge in [0.2, 0.25) is 0 Å². The molecule has 1 aliphatic carbocycles. The van der Waals surface area contributed by atoms with Crippen LogP contribution in [0.3, 0.4) is 0 Å². The molecule has 14 heavy (non-hydrogen) atoms. The number of carbonyl (C=O) groups is 1. The van der Waals surface area contributed by atoms with Crippen molar-refractivity contribution in [1.29, 1.82) is 0 Å². The van der Waals surface area contributed by atoms with Crippen molar-refractivity contribution in [2.45, 2.75) is 25.4 Å². The first-order valence-corrected chi connectivity index (χ1v) is 4.43. The zero-order valence-corrected chi connectivity index (χ0v) is 7.34. The highest BCUT2D eigenvalue weighted by atomic mass is 19.4. The van der Waals surface area contributed by atoms with Crippen LogP contribution in [0.15, 0.2) is 5.10 Å². The first-order chi connectivity index (χ1) is 6.47. The number of nitrogens with zero attached hydrogens (tertiary/aromatic N) is 2. The van der Waals surface area contributed by atoms with Gasteiger partial charge in [-0.05, 0) is 19.3 Å². The van der Waals surface area contributed by atoms with Crippen LogP contribution in [0.5, 0.6) is 0 Å². The Bertz CT molecular complexity index is 297. The fraction of sp³-hybridized carbons (Fsp3) is 0.750. The van der Waals surface area contributed by atoms with Crippen LogP contribution < -0.4 is 0 Å². The van der Waals surface area contributed by atoms with Crippen LogP contribution in [0, 0.1) is 5.92 Å². The first-order valence-electron chi connectivity index (χ1n) is 4.43. The summed E-state index contributed by atoms with van der Waals surface area (Å²) in [6, 6.07) is 0. The van der Waals surface area contributed by atoms with E-state index in [0.29, 0.717) is 23.6 Å². The van der Waals surface area contributed by atoms with Crippen molar-refractivity contribution in [3.05, 3.63) is 0 Å². The van der Waals surface area contributed by atoms with Gasteiger partial charge >= 0.3 is 6.18 Å². The van der Waals surface area contributed by atoms with Crippen molar-refractivity contribution in [3.63, 3.8) is 0 Å². The van der Waals surface area contributed by atoms with Crippen LogP contribution >= 0.6 is 0 Å². The molecule has 0 saturated heterocycles. The monoisotopic (exact) mass is 206 g/mol. The maximum absolute atomic E-state index is 12.0. The van der Waals surface area contributed by atoms with Crippen LogP contribution in [0.1, 0.15) is 19.3 Å². The highest BCUT2D eigenvalue weighted by molar-refractivity contribution is 6.09. The van der Waals surface area contributed by atoms with E-state index < -0.39 is 18.6 Å². The van der Waals surface area contributed by atoms with E-state index in [2.05, 4.69) is 5.10 Å². The van der Waals surface area contributed by atoms with Crippen molar-refractivity contribution < 1.29 is 18.0 Å². The normalized spacial score (nSPS) is 26.8. The predicted molar refractivity (Wildman–Crippen MR) is 42.5 cm³/mol. The predicted octanol–water partition coefficient (Wildman–Crippen LogP) is 1.55. The molecule has 0 radical (unpaired) electrons. The fourth-order valence-electron chi connectivity index (χ4n) is 1.88. The van der Waals surface area contributed by atoms with E-state index in [1.54, 1.807) is 0 Å². The van der Waals surface area contributed by atoms with E-state index in [-0.39, 0.29) is 5.92 Å². The molecular weight excluding hydrogens is 197 g/mol. The maximum atomic E-state index is 12.0. The Labute approximate surface area is 78.6 Å². The van der Waals surface area contributed by atoms with Gasteiger partial charge in [0, 0.05) is 0 Å². The average Bonchev–Trinajstić information content (AvgIpc) is 2.55. The summed E-state index contributed by atoms with van der Waals surface area (Å²) in [6.45, 7) is -1.26. The van der Waals surface area contributed by atoms with Gasteiger partial charge in [0.05, 0.1) is 11.6 Å². The number of fused-ring (bicyclic) bond motifs is 1. The molecule has 1 atom stereocenters. The number of alkyl halides is 3. The maximum Gasteiger partial charge on any atom is 0.408 e. The van der Waals surface area contributed by atoms with E-state index in [1.165, 1.54) is 0 Å². The molecule has 0 bridgehead atoms. The van der Waals surface area contributed by atoms with Gasteiger partial charge in [-0.25, -0.2) is 5.01 Å². The molecule has 3 nitrogen and oxygen atoms in total. The second-order valence-electron chi connectivity index (χ2n) is 3.55. The van der Waals surface area contributed by atoms with Crippen LogP contribution in [0.25, 0.3) is 0 Å². The van der Waals surface area contributed by atoms with Crippen LogP contribution in [-0.4, -0.2) is 29.3 Å². The number of amides is 1. The zero-order valence-electron chi connectivity index (χ0n) is 7.34. The molecule has 1 heterocycles. The molecule has 1 fully saturated rings. The number of rotatable bonds is 1. The van der Waals surface area contributed by atoms with E-state index in [4.69, 9.17) is 0 Å². The van der Waals surface area contributed by atoms with Crippen molar-refractivity contribution in [2.75, 3.05) is 6.54 Å². The third-order valence-corrected chi connectivity index (χ3v) is 2.46. The Hall–Kier alpha value is -1.07. The molecule has 0 aromatic rings. The van der Waals surface area contributed by atoms with Crippen molar-refractivity contribution in [2.24, 2.45) is 11.0 Å². The largest absolute Gasteiger partial charge is 0.408 e. The van der Waals surface area contributed by atoms with Crippen LogP contribution in [0.2, 0.25) is 0 Å². The molecule has 0 spiro atoms. The number of carbonyl (C=O) groups excluding carboxylic acids is 1. The third-order valence-electron chi connectivity index (χ3n) is 2.46. The summed E-state index contributed by atoms with van der Waals surface area (Å²) in [5.74, 6) is -0.854. The molecule has 0 aromatic carbocycles. The SMILES string of the molecule is O=C1C2CCCC2=NN1CC(F)(F)F. The standard InChI is InChI=1S/C8H9F3N2O/c9-8(10,11)4-13-7(14)5-2-1-3-6(5)12-13/h5H,1-4H2. The minimum Gasteiger partial charge on any atom is -0.272 e. The minimum atomic E-state index is -4.36. The number of hydrazone groups is 1. The number of halogens is 3. The third kappa shape index (κ3) is 1.60. The molecule has 1 unspecified atom stereocenters. The van der Waals surface area contributed by atoms with Gasteiger partial charge in [0.15, 0.2) is 0 Å². The molecular formula is C8H9F3N2O. The highest BCUT2D eigenvalue weighted by Crippen LogP contribution is 2.31. The van der Waals surface area contributed by atoms with Gasteiger partial charge in [0.25, 0.3) is 5.91 Å². The van der Waals surface area contributed by atoms with Crippen LogP contribution in [-0.2, 0) is 4.79 Å². The molecule has 2 rings (SSSR count). The van der Waals surface area contributed by atoms with Gasteiger partial charge in [-0.2, -0.15) is 18.3 Å². The van der Waals surface area contributed by atoms with Gasteiger partial charge in [-0.15, -0.1) is 0 Å². The quantitative estimate of drug-likeness (QED) is 0.640. The summed E-state index contributed by atoms with van der Waals surface area (Å²) < 4.78 is 36.0. The summed E-state index contributed by atoms with van der Waals surface area (Å²) in [6.07, 6.45) is -2.20. The molecule has 6 heteroatoms. The van der Waals surface area contributed by atoms with Crippen molar-refractivity contribution in [3.8, 4) is 0 Å². The minimum absolute atomic E-state index is 0.364. The average molecular weight is 206 g/mol. The Balaban J connectivity index is 2.09. The van der Waals surface area contributed by atoms with Gasteiger partial charge in [-0.1, -0.05) is 0 Å². The Kier molecular flexibility index (Phi) is 2.01. The Morgan fingerprint density at radius 2 is 2.21 bits per heavy atom. The second-order valence-corrected chi connectivity index (χ2v) is 3.55. The number of hydrogen-bond donors (Lipinski definition) is 0. The van der Waals surface area contributed by atoms with E-state index in [9.17, 15) is 18.0 Å². The zero-order chi connectivity index (χ0) is 10.3. The lowest BCUT2D eigenvalue weighted by molar-refractivity contribution is -0.160. The molecule has 1 saturated carbocycles. The topological polar surface area (TPSA) is 32.7 Å². The summed E-state index contributed by atoms with van der Waals surface area (Å²) in [5.41, 5.74) is 0.624. The van der Waals surface area contributed by atoms with E-state index in [1.807, 2.05) is 0 Å². The summed E-state index contributed by atoms with van der Waals surface area (Å²) in [5, 5.41) is 4.25. The lowest BCUT2D eigenvalue weighted by Crippen LogP contribution is -2.34. The molecule has 0 N–H and O–H groups in total. The molecule has 1 aliphatic heterocycles. The fourth-order valence-corrected chi connectivity index (χ4v) is 1.88. The van der Waals surface area contributed by atoms with Gasteiger partial charge in [0.1, 0.15) is 6.54 Å².